The third kappa shape index (κ3) is 2.48. The molecule has 1 heterocycles. The van der Waals surface area contributed by atoms with Crippen LogP contribution in [0.15, 0.2) is 18.2 Å². The second kappa shape index (κ2) is 4.87. The summed E-state index contributed by atoms with van der Waals surface area (Å²) in [4.78, 5) is 11.3. The molecule has 5 N–H and O–H groups in total. The van der Waals surface area contributed by atoms with E-state index in [1.165, 1.54) is 0 Å². The van der Waals surface area contributed by atoms with Crippen LogP contribution in [0, 0.1) is 6.92 Å². The maximum atomic E-state index is 5.45. The van der Waals surface area contributed by atoms with Gasteiger partial charge in [-0.2, -0.15) is 0 Å². The van der Waals surface area contributed by atoms with Gasteiger partial charge in [0.15, 0.2) is 0 Å². The Kier molecular flexibility index (Phi) is 3.27. The number of aromatic nitrogens is 2. The molecule has 0 aliphatic heterocycles. The van der Waals surface area contributed by atoms with Gasteiger partial charge in [0.05, 0.1) is 12.3 Å². The number of hydrogen-bond donors (Lipinski definition) is 3. The molecule has 0 bridgehead atoms. The lowest BCUT2D eigenvalue weighted by atomic mass is 10.2. The molecule has 2 aromatic rings. The highest BCUT2D eigenvalue weighted by atomic mass is 16.5. The Morgan fingerprint density at radius 3 is 2.78 bits per heavy atom. The van der Waals surface area contributed by atoms with Gasteiger partial charge in [0.2, 0.25) is 0 Å². The fraction of sp³-hybridized carbons (Fsp3) is 0.250. The topological polar surface area (TPSA) is 101 Å². The fourth-order valence-corrected chi connectivity index (χ4v) is 1.70. The van der Waals surface area contributed by atoms with Gasteiger partial charge in [-0.3, -0.25) is 0 Å². The van der Waals surface area contributed by atoms with Gasteiger partial charge in [0.25, 0.3) is 5.96 Å². The van der Waals surface area contributed by atoms with E-state index in [-0.39, 0.29) is 5.96 Å². The van der Waals surface area contributed by atoms with E-state index in [9.17, 15) is 0 Å². The highest BCUT2D eigenvalue weighted by Crippen LogP contribution is 2.21. The summed E-state index contributed by atoms with van der Waals surface area (Å²) in [6.07, 6.45) is 0. The Morgan fingerprint density at radius 1 is 1.33 bits per heavy atom. The molecule has 0 radical (unpaired) electrons. The molecule has 6 nitrogen and oxygen atoms in total. The van der Waals surface area contributed by atoms with Crippen LogP contribution in [-0.4, -0.2) is 22.5 Å². The van der Waals surface area contributed by atoms with Gasteiger partial charge in [-0.25, -0.2) is 4.99 Å². The van der Waals surface area contributed by atoms with E-state index >= 15 is 0 Å². The lowest BCUT2D eigenvalue weighted by molar-refractivity contribution is -0.366. The Labute approximate surface area is 105 Å². The standard InChI is InChI=1S/C12H15N5O/c1-3-18-8-4-5-10-9(6-8)7(2)15-12(16-10)17-11(13)14/h4-6H,3H2,1-2H3,(H4,13,14,15,16,17)/p+1. The average molecular weight is 246 g/mol. The SMILES string of the molecule is CCOc1ccc2nc([NH+]=C(N)N)nc(C)c2c1. The van der Waals surface area contributed by atoms with E-state index in [0.29, 0.717) is 12.6 Å². The molecule has 1 aromatic carbocycles. The minimum Gasteiger partial charge on any atom is -0.494 e. The molecule has 6 heteroatoms. The summed E-state index contributed by atoms with van der Waals surface area (Å²) in [5, 5.41) is 0.946. The van der Waals surface area contributed by atoms with Gasteiger partial charge in [-0.15, -0.1) is 9.97 Å². The van der Waals surface area contributed by atoms with E-state index < -0.39 is 0 Å². The van der Waals surface area contributed by atoms with Crippen molar-refractivity contribution in [3.05, 3.63) is 23.9 Å². The molecule has 0 saturated carbocycles. The monoisotopic (exact) mass is 246 g/mol. The van der Waals surface area contributed by atoms with Crippen molar-refractivity contribution >= 4 is 22.8 Å². The zero-order chi connectivity index (χ0) is 13.1. The van der Waals surface area contributed by atoms with Crippen LogP contribution in [0.2, 0.25) is 0 Å². The molecule has 1 aromatic heterocycles. The molecule has 2 rings (SSSR count). The lowest BCUT2D eigenvalue weighted by Gasteiger charge is -2.04. The van der Waals surface area contributed by atoms with Gasteiger partial charge in [-0.1, -0.05) is 0 Å². The van der Waals surface area contributed by atoms with Crippen molar-refractivity contribution in [3.8, 4) is 5.75 Å². The van der Waals surface area contributed by atoms with Crippen molar-refractivity contribution in [1.29, 1.82) is 0 Å². The van der Waals surface area contributed by atoms with E-state index in [2.05, 4.69) is 15.0 Å². The van der Waals surface area contributed by atoms with Crippen LogP contribution in [0.4, 0.5) is 5.95 Å². The second-order valence-electron chi connectivity index (χ2n) is 3.82. The van der Waals surface area contributed by atoms with Gasteiger partial charge in [0.1, 0.15) is 11.3 Å². The van der Waals surface area contributed by atoms with Crippen molar-refractivity contribution in [3.63, 3.8) is 0 Å². The molecule has 0 aliphatic carbocycles. The molecule has 0 aliphatic rings. The van der Waals surface area contributed by atoms with Gasteiger partial charge >= 0.3 is 5.95 Å². The second-order valence-corrected chi connectivity index (χ2v) is 3.82. The van der Waals surface area contributed by atoms with Gasteiger partial charge in [-0.05, 0) is 32.0 Å². The summed E-state index contributed by atoms with van der Waals surface area (Å²) in [6, 6.07) is 5.68. The lowest BCUT2D eigenvalue weighted by Crippen LogP contribution is -2.73. The molecule has 0 unspecified atom stereocenters. The van der Waals surface area contributed by atoms with Crippen molar-refractivity contribution in [2.75, 3.05) is 6.61 Å². The predicted octanol–water partition coefficient (Wildman–Crippen LogP) is -0.678. The van der Waals surface area contributed by atoms with Gasteiger partial charge < -0.3 is 16.2 Å². The molecule has 0 fully saturated rings. The van der Waals surface area contributed by atoms with Crippen LogP contribution in [-0.2, 0) is 0 Å². The Bertz CT molecular complexity index is 605. The Hall–Kier alpha value is -2.37. The zero-order valence-corrected chi connectivity index (χ0v) is 10.4. The summed E-state index contributed by atoms with van der Waals surface area (Å²) >= 11 is 0. The van der Waals surface area contributed by atoms with Crippen LogP contribution >= 0.6 is 0 Å². The van der Waals surface area contributed by atoms with E-state index in [1.807, 2.05) is 32.0 Å². The van der Waals surface area contributed by atoms with Crippen LogP contribution in [0.5, 0.6) is 5.75 Å². The number of rotatable bonds is 3. The molecule has 0 saturated heterocycles. The van der Waals surface area contributed by atoms with Crippen molar-refractivity contribution in [2.24, 2.45) is 11.5 Å². The number of nitrogens with one attached hydrogen (secondary N) is 1. The molecular weight excluding hydrogens is 230 g/mol. The first-order valence-electron chi connectivity index (χ1n) is 5.66. The molecule has 0 atom stereocenters. The third-order valence-corrected chi connectivity index (χ3v) is 2.42. The van der Waals surface area contributed by atoms with Crippen molar-refractivity contribution in [1.82, 2.24) is 9.97 Å². The quantitative estimate of drug-likeness (QED) is 0.492. The number of nitrogens with zero attached hydrogens (tertiary/aromatic N) is 2. The summed E-state index contributed by atoms with van der Waals surface area (Å²) in [6.45, 7) is 4.47. The summed E-state index contributed by atoms with van der Waals surface area (Å²) < 4.78 is 5.45. The summed E-state index contributed by atoms with van der Waals surface area (Å²) in [5.41, 5.74) is 12.4. The number of aryl methyl sites for hydroxylation is 1. The molecule has 0 amide bonds. The van der Waals surface area contributed by atoms with Gasteiger partial charge in [0, 0.05) is 5.39 Å². The van der Waals surface area contributed by atoms with E-state index in [4.69, 9.17) is 16.2 Å². The molecular formula is C12H16N5O+. The smallest absolute Gasteiger partial charge is 0.354 e. The minimum absolute atomic E-state index is 0.0692. The number of ether oxygens (including phenoxy) is 1. The molecule has 18 heavy (non-hydrogen) atoms. The Morgan fingerprint density at radius 2 is 2.11 bits per heavy atom. The average Bonchev–Trinajstić information content (AvgIpc) is 2.29. The minimum atomic E-state index is 0.0692. The normalized spacial score (nSPS) is 10.3. The molecule has 0 spiro atoms. The number of hydrogen-bond acceptors (Lipinski definition) is 3. The van der Waals surface area contributed by atoms with Crippen LogP contribution in [0.3, 0.4) is 0 Å². The Balaban J connectivity index is 2.55. The van der Waals surface area contributed by atoms with Crippen LogP contribution in [0.25, 0.3) is 10.9 Å². The number of benzene rings is 1. The maximum absolute atomic E-state index is 5.45. The first kappa shape index (κ1) is 12.1. The highest BCUT2D eigenvalue weighted by Gasteiger charge is 2.09. The number of nitrogens with two attached hydrogens (primary N) is 2. The number of fused-ring (bicyclic) bond motifs is 1. The van der Waals surface area contributed by atoms with Crippen molar-refractivity contribution in [2.45, 2.75) is 13.8 Å². The summed E-state index contributed by atoms with van der Waals surface area (Å²) in [7, 11) is 0. The van der Waals surface area contributed by atoms with Crippen LogP contribution in [0.1, 0.15) is 12.6 Å². The van der Waals surface area contributed by atoms with Crippen molar-refractivity contribution < 1.29 is 9.73 Å². The zero-order valence-electron chi connectivity index (χ0n) is 10.4. The van der Waals surface area contributed by atoms with Crippen LogP contribution < -0.4 is 21.2 Å². The highest BCUT2D eigenvalue weighted by molar-refractivity contribution is 5.83. The maximum Gasteiger partial charge on any atom is 0.354 e. The molecule has 94 valence electrons. The largest absolute Gasteiger partial charge is 0.494 e. The first-order chi connectivity index (χ1) is 8.60. The predicted molar refractivity (Wildman–Crippen MR) is 69.4 cm³/mol. The summed E-state index contributed by atoms with van der Waals surface area (Å²) in [5.74, 6) is 1.27. The van der Waals surface area contributed by atoms with E-state index in [0.717, 1.165) is 22.3 Å². The fourth-order valence-electron chi connectivity index (χ4n) is 1.70. The number of guanidine groups is 1. The first-order valence-corrected chi connectivity index (χ1v) is 5.66. The third-order valence-electron chi connectivity index (χ3n) is 2.42. The van der Waals surface area contributed by atoms with E-state index in [1.54, 1.807) is 0 Å².